The van der Waals surface area contributed by atoms with Crippen LogP contribution in [0.1, 0.15) is 71.4 Å². The topological polar surface area (TPSA) is 52.0 Å². The maximum absolute atomic E-state index is 6.60. The molecule has 1 fully saturated rings. The molecular formula is C18H32N2. The molecule has 0 spiro atoms. The Bertz CT molecular complexity index is 410. The summed E-state index contributed by atoms with van der Waals surface area (Å²) in [6.45, 7) is 10.7. The monoisotopic (exact) mass is 276 g/mol. The summed E-state index contributed by atoms with van der Waals surface area (Å²) in [4.78, 5) is 0. The third kappa shape index (κ3) is 4.07. The van der Waals surface area contributed by atoms with Gasteiger partial charge < -0.3 is 11.5 Å². The van der Waals surface area contributed by atoms with E-state index in [1.54, 1.807) is 0 Å². The lowest BCUT2D eigenvalue weighted by atomic mass is 9.74. The van der Waals surface area contributed by atoms with Crippen LogP contribution in [0, 0.1) is 0 Å². The van der Waals surface area contributed by atoms with Gasteiger partial charge in [-0.3, -0.25) is 0 Å². The van der Waals surface area contributed by atoms with Gasteiger partial charge in [-0.25, -0.2) is 0 Å². The average molecular weight is 276 g/mol. The average Bonchev–Trinajstić information content (AvgIpc) is 2.44. The second kappa shape index (κ2) is 6.73. The second-order valence-electron chi connectivity index (χ2n) is 6.82. The third-order valence-corrected chi connectivity index (χ3v) is 4.23. The van der Waals surface area contributed by atoms with Gasteiger partial charge >= 0.3 is 0 Å². The Hall–Kier alpha value is -0.860. The minimum absolute atomic E-state index is 0.170. The summed E-state index contributed by atoms with van der Waals surface area (Å²) in [6, 6.07) is 9.14. The van der Waals surface area contributed by atoms with Crippen molar-refractivity contribution < 1.29 is 0 Å². The first-order valence-corrected chi connectivity index (χ1v) is 7.97. The SMILES string of the molecule is CC.CC(C)(C)c1cccc(C2(N)CCC(N)CC2)c1. The third-order valence-electron chi connectivity index (χ3n) is 4.23. The predicted octanol–water partition coefficient (Wildman–Crippen LogP) is 4.07. The zero-order valence-corrected chi connectivity index (χ0v) is 13.9. The zero-order chi connectivity index (χ0) is 15.4. The number of benzene rings is 1. The van der Waals surface area contributed by atoms with Crippen LogP contribution in [-0.4, -0.2) is 6.04 Å². The van der Waals surface area contributed by atoms with Crippen LogP contribution in [0.15, 0.2) is 24.3 Å². The van der Waals surface area contributed by atoms with E-state index in [0.29, 0.717) is 6.04 Å². The fraction of sp³-hybridized carbons (Fsp3) is 0.667. The Kier molecular flexibility index (Phi) is 5.79. The minimum atomic E-state index is -0.170. The van der Waals surface area contributed by atoms with Crippen LogP contribution >= 0.6 is 0 Å². The van der Waals surface area contributed by atoms with Crippen molar-refractivity contribution in [3.8, 4) is 0 Å². The molecule has 1 aromatic carbocycles. The Morgan fingerprint density at radius 3 is 2.15 bits per heavy atom. The predicted molar refractivity (Wildman–Crippen MR) is 88.8 cm³/mol. The van der Waals surface area contributed by atoms with Crippen LogP contribution in [0.2, 0.25) is 0 Å². The highest BCUT2D eigenvalue weighted by molar-refractivity contribution is 5.33. The van der Waals surface area contributed by atoms with E-state index in [1.807, 2.05) is 13.8 Å². The molecule has 4 N–H and O–H groups in total. The van der Waals surface area contributed by atoms with E-state index in [0.717, 1.165) is 25.7 Å². The van der Waals surface area contributed by atoms with E-state index in [9.17, 15) is 0 Å². The van der Waals surface area contributed by atoms with Gasteiger partial charge in [0.1, 0.15) is 0 Å². The van der Waals surface area contributed by atoms with Crippen molar-refractivity contribution in [1.82, 2.24) is 0 Å². The summed E-state index contributed by atoms with van der Waals surface area (Å²) in [6.07, 6.45) is 4.08. The molecule has 0 heterocycles. The van der Waals surface area contributed by atoms with Gasteiger partial charge in [-0.2, -0.15) is 0 Å². The summed E-state index contributed by atoms with van der Waals surface area (Å²) in [7, 11) is 0. The van der Waals surface area contributed by atoms with Crippen molar-refractivity contribution in [1.29, 1.82) is 0 Å². The fourth-order valence-corrected chi connectivity index (χ4v) is 2.74. The minimum Gasteiger partial charge on any atom is -0.328 e. The number of nitrogens with two attached hydrogens (primary N) is 2. The summed E-state index contributed by atoms with van der Waals surface area (Å²) < 4.78 is 0. The molecule has 1 aromatic rings. The molecule has 20 heavy (non-hydrogen) atoms. The van der Waals surface area contributed by atoms with Gasteiger partial charge in [0.15, 0.2) is 0 Å². The lowest BCUT2D eigenvalue weighted by Gasteiger charge is -2.37. The van der Waals surface area contributed by atoms with Gasteiger partial charge in [-0.1, -0.05) is 58.9 Å². The van der Waals surface area contributed by atoms with Crippen molar-refractivity contribution >= 4 is 0 Å². The highest BCUT2D eigenvalue weighted by atomic mass is 14.8. The van der Waals surface area contributed by atoms with E-state index in [1.165, 1.54) is 11.1 Å². The van der Waals surface area contributed by atoms with Gasteiger partial charge in [0.05, 0.1) is 0 Å². The van der Waals surface area contributed by atoms with E-state index in [2.05, 4.69) is 45.0 Å². The molecule has 0 radical (unpaired) electrons. The van der Waals surface area contributed by atoms with Crippen LogP contribution in [0.25, 0.3) is 0 Å². The first kappa shape index (κ1) is 17.2. The molecule has 0 unspecified atom stereocenters. The van der Waals surface area contributed by atoms with Crippen LogP contribution in [0.5, 0.6) is 0 Å². The molecule has 0 saturated heterocycles. The van der Waals surface area contributed by atoms with Gasteiger partial charge in [-0.05, 0) is 42.2 Å². The molecule has 1 aliphatic carbocycles. The molecule has 0 aromatic heterocycles. The summed E-state index contributed by atoms with van der Waals surface area (Å²) >= 11 is 0. The van der Waals surface area contributed by atoms with Crippen molar-refractivity contribution in [3.05, 3.63) is 35.4 Å². The highest BCUT2D eigenvalue weighted by Gasteiger charge is 2.32. The Morgan fingerprint density at radius 1 is 1.10 bits per heavy atom. The largest absolute Gasteiger partial charge is 0.328 e. The number of rotatable bonds is 1. The van der Waals surface area contributed by atoms with E-state index in [4.69, 9.17) is 11.5 Å². The second-order valence-corrected chi connectivity index (χ2v) is 6.82. The maximum atomic E-state index is 6.60. The Balaban J connectivity index is 0.000000956. The van der Waals surface area contributed by atoms with Crippen LogP contribution < -0.4 is 11.5 Å². The standard InChI is InChI=1S/C16H26N2.C2H6/c1-15(2,3)12-5-4-6-13(11-12)16(18)9-7-14(17)8-10-16;1-2/h4-6,11,14H,7-10,17-18H2,1-3H3;1-2H3. The molecule has 114 valence electrons. The summed E-state index contributed by atoms with van der Waals surface area (Å²) in [5.41, 5.74) is 15.2. The van der Waals surface area contributed by atoms with Crippen molar-refractivity contribution in [2.45, 2.75) is 77.3 Å². The normalized spacial score (nSPS) is 26.6. The Labute approximate surface area is 124 Å². The molecule has 0 amide bonds. The van der Waals surface area contributed by atoms with Gasteiger partial charge in [0.2, 0.25) is 0 Å². The highest BCUT2D eigenvalue weighted by Crippen LogP contribution is 2.36. The molecular weight excluding hydrogens is 244 g/mol. The van der Waals surface area contributed by atoms with Crippen LogP contribution in [0.4, 0.5) is 0 Å². The first-order chi connectivity index (χ1) is 9.31. The molecule has 2 rings (SSSR count). The molecule has 0 aliphatic heterocycles. The summed E-state index contributed by atoms with van der Waals surface area (Å²) in [5.74, 6) is 0. The maximum Gasteiger partial charge on any atom is 0.0410 e. The van der Waals surface area contributed by atoms with Crippen LogP contribution in [-0.2, 0) is 11.0 Å². The molecule has 1 aliphatic rings. The number of hydrogen-bond acceptors (Lipinski definition) is 2. The molecule has 0 atom stereocenters. The lowest BCUT2D eigenvalue weighted by molar-refractivity contribution is 0.277. The Morgan fingerprint density at radius 2 is 1.65 bits per heavy atom. The van der Waals surface area contributed by atoms with Crippen molar-refractivity contribution in [3.63, 3.8) is 0 Å². The summed E-state index contributed by atoms with van der Waals surface area (Å²) in [5, 5.41) is 0. The first-order valence-electron chi connectivity index (χ1n) is 7.97. The van der Waals surface area contributed by atoms with E-state index < -0.39 is 0 Å². The van der Waals surface area contributed by atoms with E-state index >= 15 is 0 Å². The van der Waals surface area contributed by atoms with Gasteiger partial charge in [0.25, 0.3) is 0 Å². The molecule has 2 heteroatoms. The molecule has 2 nitrogen and oxygen atoms in total. The quantitative estimate of drug-likeness (QED) is 0.812. The zero-order valence-electron chi connectivity index (χ0n) is 13.9. The fourth-order valence-electron chi connectivity index (χ4n) is 2.74. The smallest absolute Gasteiger partial charge is 0.0410 e. The van der Waals surface area contributed by atoms with E-state index in [-0.39, 0.29) is 11.0 Å². The number of hydrogen-bond donors (Lipinski definition) is 2. The molecule has 1 saturated carbocycles. The molecule has 0 bridgehead atoms. The van der Waals surface area contributed by atoms with Gasteiger partial charge in [-0.15, -0.1) is 0 Å². The van der Waals surface area contributed by atoms with Crippen LogP contribution in [0.3, 0.4) is 0 Å². The van der Waals surface area contributed by atoms with Crippen molar-refractivity contribution in [2.75, 3.05) is 0 Å². The lowest BCUT2D eigenvalue weighted by Crippen LogP contribution is -2.43. The van der Waals surface area contributed by atoms with Gasteiger partial charge in [0, 0.05) is 11.6 Å². The van der Waals surface area contributed by atoms with Crippen molar-refractivity contribution in [2.24, 2.45) is 11.5 Å².